The van der Waals surface area contributed by atoms with E-state index in [-0.39, 0.29) is 5.75 Å². The monoisotopic (exact) mass is 357 g/mol. The van der Waals surface area contributed by atoms with Crippen molar-refractivity contribution in [2.45, 2.75) is 13.3 Å². The molecule has 0 aliphatic rings. The maximum atomic E-state index is 11.2. The van der Waals surface area contributed by atoms with E-state index in [1.54, 1.807) is 37.3 Å². The molecule has 10 heteroatoms. The molecule has 1 rings (SSSR count). The maximum absolute atomic E-state index is 11.2. The highest BCUT2D eigenvalue weighted by Gasteiger charge is 2.09. The molecule has 130 valence electrons. The summed E-state index contributed by atoms with van der Waals surface area (Å²) in [5.41, 5.74) is 0. The van der Waals surface area contributed by atoms with Crippen molar-refractivity contribution in [3.8, 4) is 5.75 Å². The molecule has 0 radical (unpaired) electrons. The van der Waals surface area contributed by atoms with Crippen LogP contribution < -0.4 is 4.18 Å². The van der Waals surface area contributed by atoms with Gasteiger partial charge in [-0.25, -0.2) is 0 Å². The quantitative estimate of drug-likeness (QED) is 0.611. The molecule has 0 heterocycles. The Kier molecular flexibility index (Phi) is 11.9. The van der Waals surface area contributed by atoms with Gasteiger partial charge in [-0.1, -0.05) is 25.1 Å². The van der Waals surface area contributed by atoms with E-state index >= 15 is 0 Å². The van der Waals surface area contributed by atoms with Gasteiger partial charge in [-0.15, -0.1) is 0 Å². The Balaban J connectivity index is 0. The summed E-state index contributed by atoms with van der Waals surface area (Å²) in [5, 5.41) is 0. The van der Waals surface area contributed by atoms with E-state index in [0.717, 1.165) is 0 Å². The van der Waals surface area contributed by atoms with Gasteiger partial charge in [-0.3, -0.25) is 9.11 Å². The molecule has 0 aliphatic carbocycles. The molecule has 8 nitrogen and oxygen atoms in total. The van der Waals surface area contributed by atoms with Gasteiger partial charge in [0.25, 0.3) is 0 Å². The smallest absolute Gasteiger partial charge is 0.382 e. The Bertz CT molecular complexity index is 572. The highest BCUT2D eigenvalue weighted by molar-refractivity contribution is 7.87. The third-order valence-electron chi connectivity index (χ3n) is 1.42. The van der Waals surface area contributed by atoms with Gasteiger partial charge in [0, 0.05) is 0 Å². The van der Waals surface area contributed by atoms with Gasteiger partial charge < -0.3 is 9.08 Å². The van der Waals surface area contributed by atoms with Crippen LogP contribution in [0.25, 0.3) is 0 Å². The van der Waals surface area contributed by atoms with Crippen LogP contribution in [0.2, 0.25) is 0 Å². The summed E-state index contributed by atoms with van der Waals surface area (Å²) in [6, 6.07) is 8.51. The third kappa shape index (κ3) is 23.9. The molecule has 0 saturated heterocycles. The minimum absolute atomic E-state index is 0.0574. The van der Waals surface area contributed by atoms with Crippen LogP contribution >= 0.6 is 0 Å². The van der Waals surface area contributed by atoms with E-state index in [1.165, 1.54) is 0 Å². The fourth-order valence-corrected chi connectivity index (χ4v) is 1.90. The number of nitrogens with zero attached hydrogens (tertiary/aromatic N) is 1. The molecule has 0 aliphatic heterocycles. The summed E-state index contributed by atoms with van der Waals surface area (Å²) < 4.78 is 58.8. The second kappa shape index (κ2) is 11.4. The number of benzene rings is 1. The molecule has 0 amide bonds. The van der Waals surface area contributed by atoms with Crippen LogP contribution in [0.4, 0.5) is 0 Å². The van der Waals surface area contributed by atoms with E-state index in [0.29, 0.717) is 12.2 Å². The molecule has 0 bridgehead atoms. The van der Waals surface area contributed by atoms with Gasteiger partial charge >= 0.3 is 20.5 Å². The topological polar surface area (TPSA) is 121 Å². The lowest BCUT2D eigenvalue weighted by Gasteiger charge is -2.04. The zero-order chi connectivity index (χ0) is 17.8. The zero-order valence-corrected chi connectivity index (χ0v) is 14.6. The SMILES string of the molecule is CCCS(=O)(=O)Oc1ccccc1.CN(C)C.O=S(=O)(O)O. The Morgan fingerprint density at radius 3 is 1.68 bits per heavy atom. The number of para-hydroxylation sites is 1. The molecule has 2 N–H and O–H groups in total. The van der Waals surface area contributed by atoms with Crippen molar-refractivity contribution in [3.63, 3.8) is 0 Å². The fraction of sp³-hybridized carbons (Fsp3) is 0.500. The van der Waals surface area contributed by atoms with E-state index in [2.05, 4.69) is 0 Å². The first kappa shape index (κ1) is 23.1. The first-order chi connectivity index (χ1) is 9.87. The average molecular weight is 357 g/mol. The van der Waals surface area contributed by atoms with Crippen molar-refractivity contribution in [1.82, 2.24) is 4.90 Å². The second-order valence-corrected chi connectivity index (χ2v) is 7.03. The second-order valence-electron chi connectivity index (χ2n) is 4.45. The summed E-state index contributed by atoms with van der Waals surface area (Å²) in [6.07, 6.45) is 0.565. The van der Waals surface area contributed by atoms with E-state index in [9.17, 15) is 8.42 Å². The average Bonchev–Trinajstić information content (AvgIpc) is 2.26. The molecule has 0 aromatic heterocycles. The Morgan fingerprint density at radius 2 is 1.36 bits per heavy atom. The summed E-state index contributed by atoms with van der Waals surface area (Å²) in [7, 11) is -2.05. The number of hydrogen-bond donors (Lipinski definition) is 2. The van der Waals surface area contributed by atoms with Crippen molar-refractivity contribution in [1.29, 1.82) is 0 Å². The van der Waals surface area contributed by atoms with Crippen LogP contribution in [0, 0.1) is 0 Å². The maximum Gasteiger partial charge on any atom is 0.394 e. The van der Waals surface area contributed by atoms with Gasteiger partial charge in [0.2, 0.25) is 0 Å². The predicted octanol–water partition coefficient (Wildman–Crippen LogP) is 1.33. The molecule has 1 aromatic rings. The molecule has 0 saturated carbocycles. The minimum Gasteiger partial charge on any atom is -0.382 e. The van der Waals surface area contributed by atoms with Crippen LogP contribution in [0.1, 0.15) is 13.3 Å². The molecule has 0 atom stereocenters. The summed E-state index contributed by atoms with van der Waals surface area (Å²) >= 11 is 0. The van der Waals surface area contributed by atoms with Crippen molar-refractivity contribution in [3.05, 3.63) is 30.3 Å². The first-order valence-corrected chi connectivity index (χ1v) is 9.13. The lowest BCUT2D eigenvalue weighted by molar-refractivity contribution is 0.381. The van der Waals surface area contributed by atoms with Crippen LogP contribution in [0.15, 0.2) is 30.3 Å². The normalized spacial score (nSPS) is 10.9. The van der Waals surface area contributed by atoms with Crippen LogP contribution in [0.3, 0.4) is 0 Å². The van der Waals surface area contributed by atoms with Crippen LogP contribution in [0.5, 0.6) is 5.75 Å². The highest BCUT2D eigenvalue weighted by Crippen LogP contribution is 2.11. The molecule has 22 heavy (non-hydrogen) atoms. The van der Waals surface area contributed by atoms with Crippen molar-refractivity contribution in [2.75, 3.05) is 26.9 Å². The van der Waals surface area contributed by atoms with Gasteiger partial charge in [-0.05, 0) is 39.7 Å². The zero-order valence-electron chi connectivity index (χ0n) is 13.0. The largest absolute Gasteiger partial charge is 0.394 e. The lowest BCUT2D eigenvalue weighted by Crippen LogP contribution is -2.12. The molecular formula is C12H23NO7S2. The fourth-order valence-electron chi connectivity index (χ4n) is 0.914. The highest BCUT2D eigenvalue weighted by atomic mass is 32.3. The van der Waals surface area contributed by atoms with Crippen LogP contribution in [-0.4, -0.2) is 57.7 Å². The van der Waals surface area contributed by atoms with Crippen molar-refractivity contribution >= 4 is 20.5 Å². The van der Waals surface area contributed by atoms with Gasteiger partial charge in [0.05, 0.1) is 5.75 Å². The van der Waals surface area contributed by atoms with Gasteiger partial charge in [0.15, 0.2) is 0 Å². The minimum atomic E-state index is -4.67. The molecule has 1 aromatic carbocycles. The van der Waals surface area contributed by atoms with Gasteiger partial charge in [0.1, 0.15) is 5.75 Å². The molecule has 0 unspecified atom stereocenters. The number of rotatable bonds is 4. The predicted molar refractivity (Wildman–Crippen MR) is 84.9 cm³/mol. The van der Waals surface area contributed by atoms with Crippen LogP contribution in [-0.2, 0) is 20.5 Å². The summed E-state index contributed by atoms with van der Waals surface area (Å²) in [5.74, 6) is 0.429. The molecule has 0 spiro atoms. The summed E-state index contributed by atoms with van der Waals surface area (Å²) in [4.78, 5) is 2.00. The van der Waals surface area contributed by atoms with Gasteiger partial charge in [-0.2, -0.15) is 16.8 Å². The standard InChI is InChI=1S/C9H12O3S.C3H9N.H2O4S/c1-2-8-13(10,11)12-9-6-4-3-5-7-9;1-4(2)3;1-5(2,3)4/h3-7H,2,8H2,1H3;1-3H3;(H2,1,2,3,4). The molecule has 0 fully saturated rings. The lowest BCUT2D eigenvalue weighted by atomic mass is 10.3. The Labute approximate surface area is 132 Å². The first-order valence-electron chi connectivity index (χ1n) is 6.15. The van der Waals surface area contributed by atoms with E-state index < -0.39 is 20.5 Å². The van der Waals surface area contributed by atoms with E-state index in [1.807, 2.05) is 26.0 Å². The Morgan fingerprint density at radius 1 is 1.00 bits per heavy atom. The Hall–Kier alpha value is -1.20. The number of hydrogen-bond acceptors (Lipinski definition) is 6. The van der Waals surface area contributed by atoms with Crippen molar-refractivity contribution in [2.24, 2.45) is 0 Å². The van der Waals surface area contributed by atoms with Crippen molar-refractivity contribution < 1.29 is 30.1 Å². The third-order valence-corrected chi connectivity index (χ3v) is 2.78. The molecular weight excluding hydrogens is 334 g/mol. The summed E-state index contributed by atoms with van der Waals surface area (Å²) in [6.45, 7) is 1.80. The van der Waals surface area contributed by atoms with E-state index in [4.69, 9.17) is 21.7 Å².